The van der Waals surface area contributed by atoms with Gasteiger partial charge in [0, 0.05) is 62.0 Å². The Labute approximate surface area is 187 Å². The van der Waals surface area contributed by atoms with Crippen molar-refractivity contribution in [1.29, 1.82) is 0 Å². The van der Waals surface area contributed by atoms with E-state index in [1.54, 1.807) is 22.0 Å². The van der Waals surface area contributed by atoms with Crippen molar-refractivity contribution >= 4 is 23.4 Å². The molecule has 0 aliphatic carbocycles. The normalized spacial score (nSPS) is 25.8. The molecular weight excluding hydrogens is 416 g/mol. The molecule has 2 aromatic rings. The van der Waals surface area contributed by atoms with E-state index in [4.69, 9.17) is 4.98 Å². The van der Waals surface area contributed by atoms with Crippen LogP contribution in [-0.2, 0) is 11.8 Å². The van der Waals surface area contributed by atoms with Gasteiger partial charge in [0.1, 0.15) is 12.5 Å². The maximum absolute atomic E-state index is 13.3. The van der Waals surface area contributed by atoms with Gasteiger partial charge in [-0.15, -0.1) is 0 Å². The first kappa shape index (κ1) is 22.4. The predicted molar refractivity (Wildman–Crippen MR) is 118 cm³/mol. The van der Waals surface area contributed by atoms with Crippen molar-refractivity contribution in [3.8, 4) is 0 Å². The number of nitrogens with one attached hydrogen (secondary N) is 1. The predicted octanol–water partition coefficient (Wildman–Crippen LogP) is 2.88. The molecule has 174 valence electrons. The number of hydrogen-bond acceptors (Lipinski definition) is 6. The largest absolute Gasteiger partial charge is 0.355 e. The lowest BCUT2D eigenvalue weighted by Crippen LogP contribution is -2.40. The highest BCUT2D eigenvalue weighted by molar-refractivity contribution is 5.79. The van der Waals surface area contributed by atoms with E-state index in [1.165, 1.54) is 0 Å². The van der Waals surface area contributed by atoms with Crippen LogP contribution in [0, 0.1) is 23.7 Å². The zero-order valence-corrected chi connectivity index (χ0v) is 19.1. The summed E-state index contributed by atoms with van der Waals surface area (Å²) >= 11 is 0. The summed E-state index contributed by atoms with van der Waals surface area (Å²) in [5.74, 6) is 0.210. The number of carbonyl (C=O) groups excluding carboxylic acids is 1. The summed E-state index contributed by atoms with van der Waals surface area (Å²) in [7, 11) is 1.85. The molecule has 0 saturated carbocycles. The van der Waals surface area contributed by atoms with Crippen LogP contribution >= 0.6 is 0 Å². The fraction of sp³-hybridized carbons (Fsp3) is 0.636. The first-order valence-corrected chi connectivity index (χ1v) is 10.9. The maximum Gasteiger partial charge on any atom is 0.229 e. The van der Waals surface area contributed by atoms with E-state index in [2.05, 4.69) is 34.1 Å². The van der Waals surface area contributed by atoms with Gasteiger partial charge in [0.15, 0.2) is 0 Å². The van der Waals surface area contributed by atoms with Crippen LogP contribution in [0.5, 0.6) is 0 Å². The summed E-state index contributed by atoms with van der Waals surface area (Å²) in [6, 6.07) is 0. The molecule has 2 saturated heterocycles. The van der Waals surface area contributed by atoms with E-state index in [9.17, 15) is 13.6 Å². The third-order valence-corrected chi connectivity index (χ3v) is 7.13. The standard InChI is InChI=1S/C22H31F2N7O/c1-15-8-25-20(27-17-9-26-29(4)10-17)28-18(15)30-11-21(2)13-31(14-22(21,3)12-30)19(32)16(7-24)5-6-23/h8-10,16H,5-7,11-14H2,1-4H3,(H,25,27,28)/t16-,21-,22+/m1/s1. The van der Waals surface area contributed by atoms with Crippen molar-refractivity contribution in [2.75, 3.05) is 49.7 Å². The van der Waals surface area contributed by atoms with Gasteiger partial charge >= 0.3 is 0 Å². The smallest absolute Gasteiger partial charge is 0.229 e. The summed E-state index contributed by atoms with van der Waals surface area (Å²) in [6.45, 7) is 7.35. The Hall–Kier alpha value is -2.78. The lowest BCUT2D eigenvalue weighted by molar-refractivity contribution is -0.136. The number of alkyl halides is 2. The molecule has 0 unspecified atom stereocenters. The molecule has 0 bridgehead atoms. The van der Waals surface area contributed by atoms with Gasteiger partial charge in [-0.2, -0.15) is 10.1 Å². The number of aromatic nitrogens is 4. The summed E-state index contributed by atoms with van der Waals surface area (Å²) in [6.07, 6.45) is 5.31. The second-order valence-corrected chi connectivity index (χ2v) is 9.73. The zero-order valence-electron chi connectivity index (χ0n) is 19.1. The summed E-state index contributed by atoms with van der Waals surface area (Å²) in [4.78, 5) is 25.9. The zero-order chi connectivity index (χ0) is 23.1. The minimum atomic E-state index is -0.882. The highest BCUT2D eigenvalue weighted by Gasteiger charge is 2.59. The van der Waals surface area contributed by atoms with E-state index in [1.807, 2.05) is 20.2 Å². The molecular formula is C22H31F2N7O. The number of nitrogens with zero attached hydrogens (tertiary/aromatic N) is 6. The quantitative estimate of drug-likeness (QED) is 0.703. The second kappa shape index (κ2) is 8.29. The second-order valence-electron chi connectivity index (χ2n) is 9.73. The molecule has 1 amide bonds. The topological polar surface area (TPSA) is 79.2 Å². The van der Waals surface area contributed by atoms with E-state index in [-0.39, 0.29) is 23.2 Å². The summed E-state index contributed by atoms with van der Waals surface area (Å²) in [5.41, 5.74) is 1.44. The van der Waals surface area contributed by atoms with Gasteiger partial charge in [-0.05, 0) is 13.3 Å². The van der Waals surface area contributed by atoms with Gasteiger partial charge in [0.25, 0.3) is 0 Å². The number of amides is 1. The van der Waals surface area contributed by atoms with Gasteiger partial charge in [-0.25, -0.2) is 4.98 Å². The van der Waals surface area contributed by atoms with Crippen LogP contribution in [0.25, 0.3) is 0 Å². The summed E-state index contributed by atoms with van der Waals surface area (Å²) in [5, 5.41) is 7.34. The highest BCUT2D eigenvalue weighted by Crippen LogP contribution is 2.52. The number of carbonyl (C=O) groups is 1. The molecule has 4 heterocycles. The number of hydrogen-bond donors (Lipinski definition) is 1. The number of rotatable bonds is 7. The van der Waals surface area contributed by atoms with Crippen LogP contribution in [0.3, 0.4) is 0 Å². The van der Waals surface area contributed by atoms with Crippen LogP contribution in [0.2, 0.25) is 0 Å². The SMILES string of the molecule is Cc1cnc(Nc2cnn(C)c2)nc1N1C[C@]2(C)CN(C(=O)[C@@H](CF)CCF)C[C@]2(C)C1. The third kappa shape index (κ3) is 3.91. The Balaban J connectivity index is 1.51. The van der Waals surface area contributed by atoms with E-state index >= 15 is 0 Å². The Morgan fingerprint density at radius 2 is 1.88 bits per heavy atom. The lowest BCUT2D eigenvalue weighted by Gasteiger charge is -2.29. The van der Waals surface area contributed by atoms with E-state index in [0.29, 0.717) is 19.0 Å². The average Bonchev–Trinajstić information content (AvgIpc) is 3.34. The monoisotopic (exact) mass is 447 g/mol. The molecule has 10 heteroatoms. The average molecular weight is 448 g/mol. The van der Waals surface area contributed by atoms with E-state index < -0.39 is 19.3 Å². The molecule has 4 rings (SSSR count). The molecule has 2 aliphatic heterocycles. The molecule has 2 aliphatic rings. The Kier molecular flexibility index (Phi) is 5.81. The molecule has 0 radical (unpaired) electrons. The van der Waals surface area contributed by atoms with Gasteiger partial charge in [0.05, 0.1) is 24.5 Å². The van der Waals surface area contributed by atoms with E-state index in [0.717, 1.165) is 30.2 Å². The van der Waals surface area contributed by atoms with Gasteiger partial charge < -0.3 is 15.1 Å². The van der Waals surface area contributed by atoms with Gasteiger partial charge in [0.2, 0.25) is 11.9 Å². The Bertz CT molecular complexity index is 978. The minimum Gasteiger partial charge on any atom is -0.355 e. The minimum absolute atomic E-state index is 0.0573. The number of fused-ring (bicyclic) bond motifs is 1. The van der Waals surface area contributed by atoms with Crippen LogP contribution in [0.4, 0.5) is 26.2 Å². The number of halogens is 2. The van der Waals surface area contributed by atoms with Crippen LogP contribution in [0.1, 0.15) is 25.8 Å². The van der Waals surface area contributed by atoms with Crippen molar-refractivity contribution in [3.63, 3.8) is 0 Å². The molecule has 1 N–H and O–H groups in total. The first-order valence-electron chi connectivity index (χ1n) is 10.9. The maximum atomic E-state index is 13.3. The first-order chi connectivity index (χ1) is 15.2. The lowest BCUT2D eigenvalue weighted by atomic mass is 9.71. The van der Waals surface area contributed by atoms with Crippen molar-refractivity contribution in [3.05, 3.63) is 24.2 Å². The summed E-state index contributed by atoms with van der Waals surface area (Å²) < 4.78 is 27.7. The number of anilines is 3. The molecule has 0 spiro atoms. The van der Waals surface area contributed by atoms with Crippen molar-refractivity contribution in [2.24, 2.45) is 23.8 Å². The van der Waals surface area contributed by atoms with Gasteiger partial charge in [-0.3, -0.25) is 18.3 Å². The molecule has 8 nitrogen and oxygen atoms in total. The van der Waals surface area contributed by atoms with Crippen molar-refractivity contribution in [2.45, 2.75) is 27.2 Å². The van der Waals surface area contributed by atoms with Crippen molar-refractivity contribution < 1.29 is 13.6 Å². The number of likely N-dealkylation sites (tertiary alicyclic amines) is 1. The molecule has 0 aromatic carbocycles. The number of aryl methyl sites for hydroxylation is 2. The molecule has 32 heavy (non-hydrogen) atoms. The molecule has 3 atom stereocenters. The molecule has 2 fully saturated rings. The Morgan fingerprint density at radius 3 is 2.44 bits per heavy atom. The van der Waals surface area contributed by atoms with Crippen LogP contribution < -0.4 is 10.2 Å². The van der Waals surface area contributed by atoms with Crippen LogP contribution in [-0.4, -0.2) is 70.1 Å². The fourth-order valence-corrected chi connectivity index (χ4v) is 5.05. The highest BCUT2D eigenvalue weighted by atomic mass is 19.1. The Morgan fingerprint density at radius 1 is 1.19 bits per heavy atom. The van der Waals surface area contributed by atoms with Crippen LogP contribution in [0.15, 0.2) is 18.6 Å². The molecule has 2 aromatic heterocycles. The third-order valence-electron chi connectivity index (χ3n) is 7.13. The van der Waals surface area contributed by atoms with Gasteiger partial charge in [-0.1, -0.05) is 13.8 Å². The fourth-order valence-electron chi connectivity index (χ4n) is 5.05. The van der Waals surface area contributed by atoms with Crippen molar-refractivity contribution in [1.82, 2.24) is 24.6 Å².